The zero-order valence-electron chi connectivity index (χ0n) is 9.86. The predicted octanol–water partition coefficient (Wildman–Crippen LogP) is 2.51. The maximum atomic E-state index is 13.3. The fourth-order valence-electron chi connectivity index (χ4n) is 1.25. The molecule has 1 atom stereocenters. The Morgan fingerprint density at radius 2 is 1.90 bits per heavy atom. The number of carboxylic acids is 1. The number of aliphatic carboxylic acids is 1. The number of alkyl halides is 3. The van der Waals surface area contributed by atoms with E-state index in [-0.39, 0.29) is 12.1 Å². The molecule has 21 heavy (non-hydrogen) atoms. The molecule has 1 N–H and O–H groups in total. The van der Waals surface area contributed by atoms with E-state index in [9.17, 15) is 36.9 Å². The normalized spacial score (nSPS) is 12.8. The first-order chi connectivity index (χ1) is 9.54. The summed E-state index contributed by atoms with van der Waals surface area (Å²) in [6.45, 7) is -1.51. The van der Waals surface area contributed by atoms with Crippen molar-refractivity contribution >= 4 is 11.7 Å². The van der Waals surface area contributed by atoms with Gasteiger partial charge in [0.05, 0.1) is 11.0 Å². The number of benzene rings is 1. The van der Waals surface area contributed by atoms with Crippen LogP contribution in [0.1, 0.15) is 0 Å². The lowest BCUT2D eigenvalue weighted by molar-refractivity contribution is -0.387. The largest absolute Gasteiger partial charge is 0.489 e. The number of nitrogens with zero attached hydrogens (tertiary/aromatic N) is 1. The zero-order chi connectivity index (χ0) is 16.4. The Balaban J connectivity index is 2.96. The van der Waals surface area contributed by atoms with Crippen molar-refractivity contribution in [1.29, 1.82) is 0 Å². The second kappa shape index (κ2) is 5.89. The average molecular weight is 315 g/mol. The summed E-state index contributed by atoms with van der Waals surface area (Å²) in [5.41, 5.74) is -1.23. The molecule has 0 aliphatic heterocycles. The van der Waals surface area contributed by atoms with E-state index >= 15 is 0 Å². The molecule has 0 spiro atoms. The molecular formula is C10H6F5NO5. The van der Waals surface area contributed by atoms with Crippen LogP contribution in [0.5, 0.6) is 5.75 Å². The molecule has 0 bridgehead atoms. The van der Waals surface area contributed by atoms with Gasteiger partial charge in [-0.25, -0.2) is 4.39 Å². The van der Waals surface area contributed by atoms with Crippen LogP contribution in [0.15, 0.2) is 12.1 Å². The monoisotopic (exact) mass is 315 g/mol. The molecular weight excluding hydrogens is 309 g/mol. The number of hydrogen-bond acceptors (Lipinski definition) is 4. The second-order valence-electron chi connectivity index (χ2n) is 3.73. The summed E-state index contributed by atoms with van der Waals surface area (Å²) in [5.74, 6) is -9.29. The van der Waals surface area contributed by atoms with Gasteiger partial charge in [0.2, 0.25) is 5.82 Å². The number of ether oxygens (including phenoxy) is 1. The van der Waals surface area contributed by atoms with Gasteiger partial charge in [-0.05, 0) is 0 Å². The third-order valence-corrected chi connectivity index (χ3v) is 2.30. The molecule has 1 rings (SSSR count). The number of nitro groups is 1. The summed E-state index contributed by atoms with van der Waals surface area (Å²) in [5, 5.41) is 18.7. The van der Waals surface area contributed by atoms with Crippen molar-refractivity contribution in [2.45, 2.75) is 6.18 Å². The number of carboxylic acid groups (broad SMARTS) is 1. The van der Waals surface area contributed by atoms with Crippen LogP contribution >= 0.6 is 0 Å². The molecule has 6 nitrogen and oxygen atoms in total. The standard InChI is InChI=1S/C10H6F5NO5/c11-5-2-8(6(12)1-7(5)16(19)20)21-3-4(9(17)18)10(13,14)15/h1-2,4H,3H2,(H,17,18). The molecule has 0 aromatic heterocycles. The Hall–Kier alpha value is -2.46. The molecule has 0 saturated heterocycles. The van der Waals surface area contributed by atoms with Crippen LogP contribution in [0, 0.1) is 27.7 Å². The first-order valence-electron chi connectivity index (χ1n) is 5.09. The summed E-state index contributed by atoms with van der Waals surface area (Å²) in [6, 6.07) is 0.288. The minimum atomic E-state index is -5.15. The van der Waals surface area contributed by atoms with Gasteiger partial charge in [0, 0.05) is 6.07 Å². The number of rotatable bonds is 5. The Morgan fingerprint density at radius 1 is 1.33 bits per heavy atom. The van der Waals surface area contributed by atoms with Crippen LogP contribution in [0.4, 0.5) is 27.6 Å². The maximum absolute atomic E-state index is 13.3. The van der Waals surface area contributed by atoms with Crippen LogP contribution in [-0.4, -0.2) is 28.8 Å². The molecule has 0 aliphatic rings. The van der Waals surface area contributed by atoms with E-state index in [4.69, 9.17) is 5.11 Å². The van der Waals surface area contributed by atoms with E-state index < -0.39 is 52.7 Å². The van der Waals surface area contributed by atoms with E-state index in [0.717, 1.165) is 0 Å². The van der Waals surface area contributed by atoms with Crippen molar-refractivity contribution in [3.63, 3.8) is 0 Å². The van der Waals surface area contributed by atoms with Gasteiger partial charge in [0.15, 0.2) is 17.5 Å². The highest BCUT2D eigenvalue weighted by molar-refractivity contribution is 5.71. The summed E-state index contributed by atoms with van der Waals surface area (Å²) >= 11 is 0. The van der Waals surface area contributed by atoms with Crippen LogP contribution in [0.3, 0.4) is 0 Å². The van der Waals surface area contributed by atoms with Gasteiger partial charge in [-0.3, -0.25) is 14.9 Å². The van der Waals surface area contributed by atoms with Crippen molar-refractivity contribution in [1.82, 2.24) is 0 Å². The molecule has 0 heterocycles. The van der Waals surface area contributed by atoms with E-state index in [2.05, 4.69) is 4.74 Å². The summed E-state index contributed by atoms with van der Waals surface area (Å²) < 4.78 is 67.7. The lowest BCUT2D eigenvalue weighted by Crippen LogP contribution is -2.35. The Kier molecular flexibility index (Phi) is 4.66. The minimum Gasteiger partial charge on any atom is -0.489 e. The summed E-state index contributed by atoms with van der Waals surface area (Å²) in [6.07, 6.45) is -5.15. The number of halogens is 5. The van der Waals surface area contributed by atoms with Gasteiger partial charge >= 0.3 is 17.8 Å². The van der Waals surface area contributed by atoms with Gasteiger partial charge < -0.3 is 9.84 Å². The van der Waals surface area contributed by atoms with Gasteiger partial charge in [-0.1, -0.05) is 0 Å². The molecule has 0 radical (unpaired) electrons. The fourth-order valence-corrected chi connectivity index (χ4v) is 1.25. The van der Waals surface area contributed by atoms with E-state index in [1.165, 1.54) is 0 Å². The third-order valence-electron chi connectivity index (χ3n) is 2.30. The molecule has 0 fully saturated rings. The highest BCUT2D eigenvalue weighted by Gasteiger charge is 2.46. The van der Waals surface area contributed by atoms with Gasteiger partial charge in [-0.15, -0.1) is 0 Å². The predicted molar refractivity (Wildman–Crippen MR) is 55.7 cm³/mol. The number of nitro benzene ring substituents is 1. The molecule has 0 amide bonds. The minimum absolute atomic E-state index is 0.119. The van der Waals surface area contributed by atoms with Crippen LogP contribution < -0.4 is 4.74 Å². The summed E-state index contributed by atoms with van der Waals surface area (Å²) in [4.78, 5) is 19.5. The molecule has 1 aromatic carbocycles. The van der Waals surface area contributed by atoms with Gasteiger partial charge in [-0.2, -0.15) is 17.6 Å². The number of carbonyl (C=O) groups is 1. The number of hydrogen-bond donors (Lipinski definition) is 1. The van der Waals surface area contributed by atoms with Crippen LogP contribution in [-0.2, 0) is 4.79 Å². The van der Waals surface area contributed by atoms with Crippen molar-refractivity contribution in [2.75, 3.05) is 6.61 Å². The topological polar surface area (TPSA) is 89.7 Å². The van der Waals surface area contributed by atoms with Crippen LogP contribution in [0.25, 0.3) is 0 Å². The fraction of sp³-hybridized carbons (Fsp3) is 0.300. The van der Waals surface area contributed by atoms with Gasteiger partial charge in [0.1, 0.15) is 6.61 Å². The first kappa shape index (κ1) is 16.6. The SMILES string of the molecule is O=C(O)C(COc1cc(F)c([N+](=O)[O-])cc1F)C(F)(F)F. The maximum Gasteiger partial charge on any atom is 0.405 e. The van der Waals surface area contributed by atoms with Crippen molar-refractivity contribution in [2.24, 2.45) is 5.92 Å². The Morgan fingerprint density at radius 3 is 2.33 bits per heavy atom. The molecule has 11 heteroatoms. The third kappa shape index (κ3) is 4.00. The second-order valence-corrected chi connectivity index (χ2v) is 3.73. The van der Waals surface area contributed by atoms with E-state index in [1.807, 2.05) is 0 Å². The molecule has 1 aromatic rings. The Labute approximate surface area is 112 Å². The van der Waals surface area contributed by atoms with Crippen molar-refractivity contribution in [3.05, 3.63) is 33.9 Å². The Bertz CT molecular complexity index is 574. The van der Waals surface area contributed by atoms with Crippen molar-refractivity contribution in [3.8, 4) is 5.75 Å². The van der Waals surface area contributed by atoms with Crippen LogP contribution in [0.2, 0.25) is 0 Å². The van der Waals surface area contributed by atoms with Gasteiger partial charge in [0.25, 0.3) is 0 Å². The zero-order valence-corrected chi connectivity index (χ0v) is 9.86. The quantitative estimate of drug-likeness (QED) is 0.512. The highest BCUT2D eigenvalue weighted by atomic mass is 19.4. The molecule has 1 unspecified atom stereocenters. The lowest BCUT2D eigenvalue weighted by atomic mass is 10.1. The highest BCUT2D eigenvalue weighted by Crippen LogP contribution is 2.30. The van der Waals surface area contributed by atoms with E-state index in [0.29, 0.717) is 0 Å². The lowest BCUT2D eigenvalue weighted by Gasteiger charge is -2.16. The van der Waals surface area contributed by atoms with Crippen molar-refractivity contribution < 1.29 is 41.5 Å². The first-order valence-corrected chi connectivity index (χ1v) is 5.09. The molecule has 0 saturated carbocycles. The summed E-state index contributed by atoms with van der Waals surface area (Å²) in [7, 11) is 0. The molecule has 116 valence electrons. The molecule has 0 aliphatic carbocycles. The van der Waals surface area contributed by atoms with E-state index in [1.54, 1.807) is 0 Å². The average Bonchev–Trinajstić information content (AvgIpc) is 2.30. The smallest absolute Gasteiger partial charge is 0.405 e.